The average Bonchev–Trinajstić information content (AvgIpc) is 2.21. The minimum absolute atomic E-state index is 1.06. The largest absolute Gasteiger partial charge is 0.103 e. The minimum atomic E-state index is -1.17. The minimum Gasteiger partial charge on any atom is -0.103 e. The summed E-state index contributed by atoms with van der Waals surface area (Å²) in [6.07, 6.45) is 1.06. The average molecular weight is 218 g/mol. The van der Waals surface area contributed by atoms with Gasteiger partial charge in [-0.15, -0.1) is 6.58 Å². The van der Waals surface area contributed by atoms with Crippen LogP contribution in [0.1, 0.15) is 18.1 Å². The van der Waals surface area contributed by atoms with E-state index >= 15 is 0 Å². The molecule has 1 heteroatoms. The number of rotatable bonds is 4. The van der Waals surface area contributed by atoms with E-state index in [1.165, 1.54) is 22.4 Å². The van der Waals surface area contributed by atoms with Crippen molar-refractivity contribution in [3.8, 4) is 0 Å². The van der Waals surface area contributed by atoms with Gasteiger partial charge >= 0.3 is 0 Å². The first-order valence-corrected chi connectivity index (χ1v) is 8.90. The van der Waals surface area contributed by atoms with Gasteiger partial charge in [-0.05, 0) is 18.9 Å². The third-order valence-corrected chi connectivity index (χ3v) is 7.24. The summed E-state index contributed by atoms with van der Waals surface area (Å²) in [6.45, 7) is 13.5. The fraction of sp³-hybridized carbons (Fsp3) is 0.429. The molecular weight excluding hydrogens is 196 g/mol. The molecule has 0 saturated heterocycles. The maximum atomic E-state index is 4.28. The molecule has 0 aliphatic carbocycles. The van der Waals surface area contributed by atoms with Crippen LogP contribution >= 0.6 is 0 Å². The van der Waals surface area contributed by atoms with E-state index in [0.717, 1.165) is 6.42 Å². The van der Waals surface area contributed by atoms with Gasteiger partial charge in [0.1, 0.15) is 0 Å². The molecule has 0 heterocycles. The Kier molecular flexibility index (Phi) is 3.92. The standard InChI is InChI=1S/C14H22Si/c1-6-15(4,5)13(3)11-14-9-7-12(2)8-10-14/h7-10H,3,6,11H2,1-2,4-5H3. The van der Waals surface area contributed by atoms with Gasteiger partial charge in [-0.3, -0.25) is 0 Å². The molecule has 0 amide bonds. The summed E-state index contributed by atoms with van der Waals surface area (Å²) >= 11 is 0. The van der Waals surface area contributed by atoms with Crippen molar-refractivity contribution in [1.29, 1.82) is 0 Å². The summed E-state index contributed by atoms with van der Waals surface area (Å²) in [5, 5.41) is 1.47. The summed E-state index contributed by atoms with van der Waals surface area (Å²) in [5.41, 5.74) is 2.73. The van der Waals surface area contributed by atoms with Gasteiger partial charge in [0.25, 0.3) is 0 Å². The SMILES string of the molecule is C=C(Cc1ccc(C)cc1)[Si](C)(C)CC. The van der Waals surface area contributed by atoms with Gasteiger partial charge < -0.3 is 0 Å². The zero-order valence-corrected chi connectivity index (χ0v) is 11.4. The lowest BCUT2D eigenvalue weighted by molar-refractivity contribution is 1.19. The van der Waals surface area contributed by atoms with Crippen molar-refractivity contribution >= 4 is 8.07 Å². The highest BCUT2D eigenvalue weighted by molar-refractivity contribution is 6.84. The van der Waals surface area contributed by atoms with E-state index in [2.05, 4.69) is 57.8 Å². The van der Waals surface area contributed by atoms with E-state index in [1.54, 1.807) is 0 Å². The van der Waals surface area contributed by atoms with Crippen LogP contribution in [0.15, 0.2) is 36.0 Å². The highest BCUT2D eigenvalue weighted by atomic mass is 28.3. The molecule has 0 radical (unpaired) electrons. The molecule has 82 valence electrons. The Morgan fingerprint density at radius 2 is 1.73 bits per heavy atom. The topological polar surface area (TPSA) is 0 Å². The zero-order valence-electron chi connectivity index (χ0n) is 10.4. The van der Waals surface area contributed by atoms with Gasteiger partial charge in [-0.1, -0.05) is 61.1 Å². The molecule has 0 N–H and O–H groups in total. The van der Waals surface area contributed by atoms with Crippen LogP contribution in [0.2, 0.25) is 19.1 Å². The van der Waals surface area contributed by atoms with E-state index in [-0.39, 0.29) is 0 Å². The van der Waals surface area contributed by atoms with Gasteiger partial charge in [-0.2, -0.15) is 0 Å². The Hall–Kier alpha value is -0.823. The molecule has 0 unspecified atom stereocenters. The second-order valence-electron chi connectivity index (χ2n) is 5.00. The van der Waals surface area contributed by atoms with Gasteiger partial charge in [0, 0.05) is 0 Å². The summed E-state index contributed by atoms with van der Waals surface area (Å²) in [5.74, 6) is 0. The number of hydrogen-bond acceptors (Lipinski definition) is 0. The number of benzene rings is 1. The van der Waals surface area contributed by atoms with Crippen LogP contribution in [-0.4, -0.2) is 8.07 Å². The van der Waals surface area contributed by atoms with Crippen molar-refractivity contribution < 1.29 is 0 Å². The van der Waals surface area contributed by atoms with E-state index in [9.17, 15) is 0 Å². The molecule has 0 fully saturated rings. The highest BCUT2D eigenvalue weighted by Gasteiger charge is 2.21. The van der Waals surface area contributed by atoms with Gasteiger partial charge in [0.2, 0.25) is 0 Å². The smallest absolute Gasteiger partial charge is 0.0748 e. The lowest BCUT2D eigenvalue weighted by Crippen LogP contribution is -2.28. The van der Waals surface area contributed by atoms with Crippen LogP contribution in [0.25, 0.3) is 0 Å². The fourth-order valence-corrected chi connectivity index (χ4v) is 2.62. The quantitative estimate of drug-likeness (QED) is 0.659. The van der Waals surface area contributed by atoms with Crippen LogP contribution in [0, 0.1) is 6.92 Å². The first-order valence-electron chi connectivity index (χ1n) is 5.69. The van der Waals surface area contributed by atoms with Gasteiger partial charge in [0.15, 0.2) is 0 Å². The predicted molar refractivity (Wildman–Crippen MR) is 72.0 cm³/mol. The molecule has 0 bridgehead atoms. The van der Waals surface area contributed by atoms with Crippen LogP contribution in [0.4, 0.5) is 0 Å². The molecule has 0 aliphatic heterocycles. The van der Waals surface area contributed by atoms with Crippen LogP contribution < -0.4 is 0 Å². The first kappa shape index (κ1) is 12.2. The first-order chi connectivity index (χ1) is 6.95. The Labute approximate surface area is 95.0 Å². The number of aryl methyl sites for hydroxylation is 1. The normalized spacial score (nSPS) is 11.5. The third-order valence-electron chi connectivity index (χ3n) is 3.38. The summed E-state index contributed by atoms with van der Waals surface area (Å²) in [7, 11) is -1.17. The van der Waals surface area contributed by atoms with Crippen molar-refractivity contribution in [2.24, 2.45) is 0 Å². The Morgan fingerprint density at radius 1 is 1.20 bits per heavy atom. The molecule has 1 aromatic rings. The maximum absolute atomic E-state index is 4.28. The highest BCUT2D eigenvalue weighted by Crippen LogP contribution is 2.21. The Bertz CT molecular complexity index is 333. The molecule has 1 aromatic carbocycles. The van der Waals surface area contributed by atoms with Gasteiger partial charge in [0.05, 0.1) is 8.07 Å². The molecule has 0 nitrogen and oxygen atoms in total. The maximum Gasteiger partial charge on any atom is 0.0748 e. The van der Waals surface area contributed by atoms with Crippen LogP contribution in [0.5, 0.6) is 0 Å². The van der Waals surface area contributed by atoms with Crippen molar-refractivity contribution in [3.05, 3.63) is 47.2 Å². The molecule has 0 aromatic heterocycles. The van der Waals surface area contributed by atoms with E-state index < -0.39 is 8.07 Å². The second kappa shape index (κ2) is 4.80. The van der Waals surface area contributed by atoms with E-state index in [0.29, 0.717) is 0 Å². The summed E-state index contributed by atoms with van der Waals surface area (Å²) < 4.78 is 0. The van der Waals surface area contributed by atoms with E-state index in [4.69, 9.17) is 0 Å². The monoisotopic (exact) mass is 218 g/mol. The second-order valence-corrected chi connectivity index (χ2v) is 10.2. The van der Waals surface area contributed by atoms with Crippen LogP contribution in [0.3, 0.4) is 0 Å². The Balaban J connectivity index is 2.71. The van der Waals surface area contributed by atoms with Crippen molar-refractivity contribution in [2.45, 2.75) is 39.4 Å². The van der Waals surface area contributed by atoms with E-state index in [1.807, 2.05) is 0 Å². The fourth-order valence-electron chi connectivity index (χ4n) is 1.44. The number of allylic oxidation sites excluding steroid dienone is 1. The van der Waals surface area contributed by atoms with Crippen LogP contribution in [-0.2, 0) is 6.42 Å². The van der Waals surface area contributed by atoms with Crippen molar-refractivity contribution in [2.75, 3.05) is 0 Å². The van der Waals surface area contributed by atoms with Gasteiger partial charge in [-0.25, -0.2) is 0 Å². The lowest BCUT2D eigenvalue weighted by Gasteiger charge is -2.23. The molecule has 15 heavy (non-hydrogen) atoms. The number of hydrogen-bond donors (Lipinski definition) is 0. The molecular formula is C14H22Si. The van der Waals surface area contributed by atoms with Crippen molar-refractivity contribution in [1.82, 2.24) is 0 Å². The Morgan fingerprint density at radius 3 is 2.20 bits per heavy atom. The zero-order chi connectivity index (χ0) is 11.5. The van der Waals surface area contributed by atoms with Crippen molar-refractivity contribution in [3.63, 3.8) is 0 Å². The third kappa shape index (κ3) is 3.35. The molecule has 0 aliphatic rings. The molecule has 0 spiro atoms. The summed E-state index contributed by atoms with van der Waals surface area (Å²) in [4.78, 5) is 0. The predicted octanol–water partition coefficient (Wildman–Crippen LogP) is 4.36. The molecule has 0 saturated carbocycles. The molecule has 0 atom stereocenters. The lowest BCUT2D eigenvalue weighted by atomic mass is 10.1. The molecule has 1 rings (SSSR count). The summed E-state index contributed by atoms with van der Waals surface area (Å²) in [6, 6.07) is 10.1.